The fraction of sp³-hybridized carbons (Fsp3) is 0.400. The number of hydrogen-bond acceptors (Lipinski definition) is 4. The lowest BCUT2D eigenvalue weighted by atomic mass is 10.2. The third kappa shape index (κ3) is 3.36. The van der Waals surface area contributed by atoms with Gasteiger partial charge in [0.25, 0.3) is 0 Å². The van der Waals surface area contributed by atoms with Crippen LogP contribution in [0.4, 0.5) is 5.82 Å². The van der Waals surface area contributed by atoms with E-state index in [0.29, 0.717) is 12.4 Å². The van der Waals surface area contributed by atoms with E-state index < -0.39 is 5.97 Å². The molecule has 1 atom stereocenters. The summed E-state index contributed by atoms with van der Waals surface area (Å²) in [6, 6.07) is 1.37. The first-order valence-electron chi connectivity index (χ1n) is 4.78. The molecule has 0 spiro atoms. The highest BCUT2D eigenvalue weighted by Gasteiger charge is 2.10. The van der Waals surface area contributed by atoms with E-state index in [1.807, 2.05) is 6.92 Å². The second kappa shape index (κ2) is 5.67. The van der Waals surface area contributed by atoms with Crippen LogP contribution in [0.3, 0.4) is 0 Å². The van der Waals surface area contributed by atoms with Gasteiger partial charge in [0.15, 0.2) is 0 Å². The number of aliphatic hydroxyl groups excluding tert-OH is 1. The Morgan fingerprint density at radius 3 is 2.94 bits per heavy atom. The number of aliphatic hydroxyl groups is 1. The van der Waals surface area contributed by atoms with Crippen LogP contribution in [0, 0.1) is 5.92 Å². The number of halogens is 1. The van der Waals surface area contributed by atoms with Crippen LogP contribution in [0.15, 0.2) is 12.3 Å². The minimum absolute atomic E-state index is 0.0100. The summed E-state index contributed by atoms with van der Waals surface area (Å²) in [6.07, 6.45) is 1.29. The molecule has 0 radical (unpaired) electrons. The summed E-state index contributed by atoms with van der Waals surface area (Å²) in [7, 11) is 0. The van der Waals surface area contributed by atoms with Gasteiger partial charge < -0.3 is 15.5 Å². The molecule has 0 fully saturated rings. The standard InChI is InChI=1S/C10H13ClN2O3/c1-6(5-14)3-12-9-2-7(10(15)16)8(11)4-13-9/h2,4,6,14H,3,5H2,1H3,(H,12,13)(H,15,16). The predicted octanol–water partition coefficient (Wildman–Crippen LogP) is 1.47. The van der Waals surface area contributed by atoms with Crippen molar-refractivity contribution in [3.8, 4) is 0 Å². The SMILES string of the molecule is CC(CO)CNc1cc(C(=O)O)c(Cl)cn1. The van der Waals surface area contributed by atoms with E-state index in [-0.39, 0.29) is 23.1 Å². The minimum atomic E-state index is -1.09. The van der Waals surface area contributed by atoms with E-state index >= 15 is 0 Å². The van der Waals surface area contributed by atoms with Crippen molar-refractivity contribution in [3.63, 3.8) is 0 Å². The molecular formula is C10H13ClN2O3. The zero-order valence-corrected chi connectivity index (χ0v) is 9.53. The molecule has 0 aromatic carbocycles. The molecule has 1 aromatic rings. The second-order valence-corrected chi connectivity index (χ2v) is 3.93. The summed E-state index contributed by atoms with van der Waals surface area (Å²) in [4.78, 5) is 14.7. The van der Waals surface area contributed by atoms with Crippen molar-refractivity contribution in [2.45, 2.75) is 6.92 Å². The highest BCUT2D eigenvalue weighted by molar-refractivity contribution is 6.33. The quantitative estimate of drug-likeness (QED) is 0.731. The van der Waals surface area contributed by atoms with Crippen molar-refractivity contribution in [2.75, 3.05) is 18.5 Å². The summed E-state index contributed by atoms with van der Waals surface area (Å²) < 4.78 is 0. The molecule has 0 saturated heterocycles. The first-order chi connectivity index (χ1) is 7.54. The maximum Gasteiger partial charge on any atom is 0.337 e. The van der Waals surface area contributed by atoms with Crippen LogP contribution in [0.25, 0.3) is 0 Å². The number of nitrogens with zero attached hydrogens (tertiary/aromatic N) is 1. The average molecular weight is 245 g/mol. The smallest absolute Gasteiger partial charge is 0.337 e. The highest BCUT2D eigenvalue weighted by atomic mass is 35.5. The molecule has 1 aromatic heterocycles. The lowest BCUT2D eigenvalue weighted by molar-refractivity contribution is 0.0697. The molecule has 0 aliphatic rings. The summed E-state index contributed by atoms with van der Waals surface area (Å²) in [5.74, 6) is -0.585. The van der Waals surface area contributed by atoms with Gasteiger partial charge in [0.05, 0.1) is 10.6 Å². The number of carbonyl (C=O) groups is 1. The summed E-state index contributed by atoms with van der Waals surface area (Å²) in [5, 5.41) is 20.7. The van der Waals surface area contributed by atoms with Crippen molar-refractivity contribution < 1.29 is 15.0 Å². The van der Waals surface area contributed by atoms with E-state index in [4.69, 9.17) is 21.8 Å². The number of nitrogens with one attached hydrogen (secondary N) is 1. The topological polar surface area (TPSA) is 82.5 Å². The molecule has 0 bridgehead atoms. The molecule has 3 N–H and O–H groups in total. The zero-order chi connectivity index (χ0) is 12.1. The van der Waals surface area contributed by atoms with Gasteiger partial charge in [-0.15, -0.1) is 0 Å². The third-order valence-corrected chi connectivity index (χ3v) is 2.33. The van der Waals surface area contributed by atoms with Gasteiger partial charge in [0.2, 0.25) is 0 Å². The first kappa shape index (κ1) is 12.7. The molecule has 1 rings (SSSR count). The van der Waals surface area contributed by atoms with Crippen molar-refractivity contribution in [3.05, 3.63) is 22.8 Å². The van der Waals surface area contributed by atoms with Crippen molar-refractivity contribution in [1.82, 2.24) is 4.98 Å². The zero-order valence-electron chi connectivity index (χ0n) is 8.77. The molecule has 0 saturated carbocycles. The first-order valence-corrected chi connectivity index (χ1v) is 5.16. The molecule has 1 unspecified atom stereocenters. The lowest BCUT2D eigenvalue weighted by Crippen LogP contribution is -2.15. The van der Waals surface area contributed by atoms with Crippen LogP contribution in [0.5, 0.6) is 0 Å². The van der Waals surface area contributed by atoms with Gasteiger partial charge in [-0.2, -0.15) is 0 Å². The van der Waals surface area contributed by atoms with E-state index in [2.05, 4.69) is 10.3 Å². The minimum Gasteiger partial charge on any atom is -0.478 e. The van der Waals surface area contributed by atoms with Gasteiger partial charge in [-0.25, -0.2) is 9.78 Å². The Labute approximate surface area is 98.1 Å². The second-order valence-electron chi connectivity index (χ2n) is 3.52. The fourth-order valence-electron chi connectivity index (χ4n) is 1.04. The Hall–Kier alpha value is -1.33. The maximum absolute atomic E-state index is 10.8. The molecule has 6 heteroatoms. The molecule has 16 heavy (non-hydrogen) atoms. The van der Waals surface area contributed by atoms with Gasteiger partial charge in [0.1, 0.15) is 5.82 Å². The Bertz CT molecular complexity index is 384. The Morgan fingerprint density at radius 2 is 2.38 bits per heavy atom. The van der Waals surface area contributed by atoms with Crippen molar-refractivity contribution in [2.24, 2.45) is 5.92 Å². The molecule has 0 aliphatic carbocycles. The largest absolute Gasteiger partial charge is 0.478 e. The van der Waals surface area contributed by atoms with E-state index in [1.165, 1.54) is 12.3 Å². The fourth-order valence-corrected chi connectivity index (χ4v) is 1.23. The molecule has 88 valence electrons. The third-order valence-electron chi connectivity index (χ3n) is 2.03. The van der Waals surface area contributed by atoms with Crippen LogP contribution >= 0.6 is 11.6 Å². The molecule has 5 nitrogen and oxygen atoms in total. The Morgan fingerprint density at radius 1 is 1.69 bits per heavy atom. The van der Waals surface area contributed by atoms with Crippen molar-refractivity contribution >= 4 is 23.4 Å². The predicted molar refractivity (Wildman–Crippen MR) is 60.9 cm³/mol. The van der Waals surface area contributed by atoms with Gasteiger partial charge in [-0.05, 0) is 12.0 Å². The molecule has 1 heterocycles. The maximum atomic E-state index is 10.8. The van der Waals surface area contributed by atoms with E-state index in [0.717, 1.165) is 0 Å². The van der Waals surface area contributed by atoms with Crippen LogP contribution in [-0.4, -0.2) is 34.3 Å². The Kier molecular flexibility index (Phi) is 4.52. The number of aromatic nitrogens is 1. The summed E-state index contributed by atoms with van der Waals surface area (Å²) in [5.41, 5.74) is 0.0100. The molecule has 0 aliphatic heterocycles. The number of hydrogen-bond donors (Lipinski definition) is 3. The monoisotopic (exact) mass is 244 g/mol. The van der Waals surface area contributed by atoms with Gasteiger partial charge in [-0.3, -0.25) is 0 Å². The van der Waals surface area contributed by atoms with E-state index in [1.54, 1.807) is 0 Å². The molecule has 0 amide bonds. The number of rotatable bonds is 5. The van der Waals surface area contributed by atoms with Gasteiger partial charge in [0, 0.05) is 19.3 Å². The number of pyridine rings is 1. The van der Waals surface area contributed by atoms with Crippen LogP contribution in [-0.2, 0) is 0 Å². The van der Waals surface area contributed by atoms with Gasteiger partial charge >= 0.3 is 5.97 Å². The molecular weight excluding hydrogens is 232 g/mol. The van der Waals surface area contributed by atoms with Crippen LogP contribution in [0.2, 0.25) is 5.02 Å². The van der Waals surface area contributed by atoms with Gasteiger partial charge in [-0.1, -0.05) is 18.5 Å². The lowest BCUT2D eigenvalue weighted by Gasteiger charge is -2.10. The number of aromatic carboxylic acids is 1. The summed E-state index contributed by atoms with van der Waals surface area (Å²) >= 11 is 5.67. The Balaban J connectivity index is 2.75. The number of carboxylic acid groups (broad SMARTS) is 1. The highest BCUT2D eigenvalue weighted by Crippen LogP contribution is 2.17. The number of carboxylic acids is 1. The van der Waals surface area contributed by atoms with Crippen molar-refractivity contribution in [1.29, 1.82) is 0 Å². The van der Waals surface area contributed by atoms with E-state index in [9.17, 15) is 4.79 Å². The normalized spacial score (nSPS) is 12.2. The number of anilines is 1. The van der Waals surface area contributed by atoms with Crippen LogP contribution < -0.4 is 5.32 Å². The average Bonchev–Trinajstić information content (AvgIpc) is 2.27. The van der Waals surface area contributed by atoms with Crippen LogP contribution in [0.1, 0.15) is 17.3 Å². The summed E-state index contributed by atoms with van der Waals surface area (Å²) in [6.45, 7) is 2.44.